The smallest absolute Gasteiger partial charge is 0.326 e. The Morgan fingerprint density at radius 3 is 2.70 bits per heavy atom. The van der Waals surface area contributed by atoms with E-state index in [1.54, 1.807) is 43.3 Å². The van der Waals surface area contributed by atoms with Gasteiger partial charge in [-0.3, -0.25) is 9.59 Å². The normalized spacial score (nSPS) is 11.6. The molecule has 0 radical (unpaired) electrons. The van der Waals surface area contributed by atoms with Crippen molar-refractivity contribution in [3.05, 3.63) is 58.6 Å². The molecule has 0 saturated carbocycles. The number of carbonyl (C=O) groups excluding carboxylic acids is 2. The lowest BCUT2D eigenvalue weighted by molar-refractivity contribution is -0.143. The van der Waals surface area contributed by atoms with E-state index >= 15 is 0 Å². The van der Waals surface area contributed by atoms with E-state index in [4.69, 9.17) is 9.47 Å². The highest BCUT2D eigenvalue weighted by atomic mass is 32.1. The van der Waals surface area contributed by atoms with Gasteiger partial charge in [-0.25, -0.2) is 4.39 Å². The number of halogens is 1. The van der Waals surface area contributed by atoms with Crippen LogP contribution in [0.3, 0.4) is 0 Å². The van der Waals surface area contributed by atoms with Crippen LogP contribution in [0.15, 0.2) is 47.5 Å². The molecule has 0 aliphatic carbocycles. The zero-order chi connectivity index (χ0) is 19.4. The minimum Gasteiger partial charge on any atom is -0.496 e. The molecular formula is C19H17FN2O4S. The second-order valence-corrected chi connectivity index (χ2v) is 6.49. The van der Waals surface area contributed by atoms with Crippen LogP contribution in [0.2, 0.25) is 0 Å². The van der Waals surface area contributed by atoms with Gasteiger partial charge in [-0.15, -0.1) is 0 Å². The highest BCUT2D eigenvalue weighted by Gasteiger charge is 2.16. The lowest BCUT2D eigenvalue weighted by atomic mass is 10.2. The zero-order valence-electron chi connectivity index (χ0n) is 14.8. The Morgan fingerprint density at radius 1 is 1.19 bits per heavy atom. The standard InChI is InChI=1S/C19H17FN2O4S/c1-3-26-16(23)11-22-17-13(20)8-6-10-15(17)27-19(22)21-18(24)12-7-4-5-9-14(12)25-2/h4-10H,3,11H2,1-2H3. The molecule has 0 aliphatic heterocycles. The summed E-state index contributed by atoms with van der Waals surface area (Å²) >= 11 is 1.12. The molecule has 140 valence electrons. The van der Waals surface area contributed by atoms with Gasteiger partial charge in [0.1, 0.15) is 18.1 Å². The molecule has 3 aromatic rings. The van der Waals surface area contributed by atoms with Crippen molar-refractivity contribution in [1.29, 1.82) is 0 Å². The molecule has 0 fully saturated rings. The quantitative estimate of drug-likeness (QED) is 0.630. The number of aromatic nitrogens is 1. The molecule has 0 aliphatic rings. The summed E-state index contributed by atoms with van der Waals surface area (Å²) in [5.41, 5.74) is 0.489. The Hall–Kier alpha value is -3.00. The molecule has 8 heteroatoms. The van der Waals surface area contributed by atoms with Crippen LogP contribution in [-0.4, -0.2) is 30.2 Å². The molecule has 0 N–H and O–H groups in total. The molecule has 1 amide bonds. The summed E-state index contributed by atoms with van der Waals surface area (Å²) in [7, 11) is 1.46. The van der Waals surface area contributed by atoms with Gasteiger partial charge in [-0.2, -0.15) is 4.99 Å². The van der Waals surface area contributed by atoms with Crippen molar-refractivity contribution in [2.24, 2.45) is 4.99 Å². The molecule has 0 atom stereocenters. The van der Waals surface area contributed by atoms with Crippen molar-refractivity contribution in [2.45, 2.75) is 13.5 Å². The number of ether oxygens (including phenoxy) is 2. The van der Waals surface area contributed by atoms with Gasteiger partial charge < -0.3 is 14.0 Å². The van der Waals surface area contributed by atoms with Crippen LogP contribution < -0.4 is 9.54 Å². The molecule has 27 heavy (non-hydrogen) atoms. The molecular weight excluding hydrogens is 371 g/mol. The number of nitrogens with zero attached hydrogens (tertiary/aromatic N) is 2. The highest BCUT2D eigenvalue weighted by molar-refractivity contribution is 7.16. The fourth-order valence-electron chi connectivity index (χ4n) is 2.62. The number of hydrogen-bond donors (Lipinski definition) is 0. The molecule has 1 heterocycles. The number of fused-ring (bicyclic) bond motifs is 1. The van der Waals surface area contributed by atoms with Crippen LogP contribution in [0.5, 0.6) is 5.75 Å². The van der Waals surface area contributed by atoms with Crippen LogP contribution in [-0.2, 0) is 16.1 Å². The summed E-state index contributed by atoms with van der Waals surface area (Å²) < 4.78 is 26.5. The SMILES string of the molecule is CCOC(=O)Cn1c(=NC(=O)c2ccccc2OC)sc2cccc(F)c21. The molecule has 0 unspecified atom stereocenters. The van der Waals surface area contributed by atoms with Gasteiger partial charge in [0.05, 0.1) is 29.5 Å². The first-order valence-electron chi connectivity index (χ1n) is 8.20. The van der Waals surface area contributed by atoms with Gasteiger partial charge in [0.2, 0.25) is 0 Å². The van der Waals surface area contributed by atoms with Crippen molar-refractivity contribution >= 4 is 33.4 Å². The molecule has 6 nitrogen and oxygen atoms in total. The van der Waals surface area contributed by atoms with Crippen LogP contribution in [0.4, 0.5) is 4.39 Å². The summed E-state index contributed by atoms with van der Waals surface area (Å²) in [5.74, 6) is -1.20. The van der Waals surface area contributed by atoms with E-state index in [9.17, 15) is 14.0 Å². The third kappa shape index (κ3) is 3.90. The van der Waals surface area contributed by atoms with Gasteiger partial charge in [0.15, 0.2) is 4.80 Å². The van der Waals surface area contributed by atoms with Crippen LogP contribution >= 0.6 is 11.3 Å². The summed E-state index contributed by atoms with van der Waals surface area (Å²) in [5, 5.41) is 0. The lowest BCUT2D eigenvalue weighted by Gasteiger charge is -2.06. The Labute approximate surface area is 158 Å². The maximum Gasteiger partial charge on any atom is 0.326 e. The predicted molar refractivity (Wildman–Crippen MR) is 99.3 cm³/mol. The second kappa shape index (κ2) is 8.13. The molecule has 2 aromatic carbocycles. The number of rotatable bonds is 5. The van der Waals surface area contributed by atoms with Gasteiger partial charge in [0.25, 0.3) is 5.91 Å². The van der Waals surface area contributed by atoms with Gasteiger partial charge in [-0.1, -0.05) is 29.5 Å². The third-order valence-electron chi connectivity index (χ3n) is 3.78. The maximum absolute atomic E-state index is 14.4. The topological polar surface area (TPSA) is 69.9 Å². The van der Waals surface area contributed by atoms with Gasteiger partial charge >= 0.3 is 5.97 Å². The number of methoxy groups -OCH3 is 1. The van der Waals surface area contributed by atoms with E-state index in [1.807, 2.05) is 0 Å². The fourth-order valence-corrected chi connectivity index (χ4v) is 3.67. The average molecular weight is 388 g/mol. The summed E-state index contributed by atoms with van der Waals surface area (Å²) in [6.45, 7) is 1.65. The molecule has 3 rings (SSSR count). The Bertz CT molecular complexity index is 1070. The van der Waals surface area contributed by atoms with Crippen molar-refractivity contribution < 1.29 is 23.5 Å². The Morgan fingerprint density at radius 2 is 1.96 bits per heavy atom. The minimum absolute atomic E-state index is 0.205. The molecule has 1 aromatic heterocycles. The van der Waals surface area contributed by atoms with Crippen molar-refractivity contribution in [2.75, 3.05) is 13.7 Å². The first-order chi connectivity index (χ1) is 13.0. The van der Waals surface area contributed by atoms with Crippen LogP contribution in [0.1, 0.15) is 17.3 Å². The largest absolute Gasteiger partial charge is 0.496 e. The number of carbonyl (C=O) groups is 2. The summed E-state index contributed by atoms with van der Waals surface area (Å²) in [4.78, 5) is 28.9. The average Bonchev–Trinajstić information content (AvgIpc) is 3.00. The van der Waals surface area contributed by atoms with Crippen LogP contribution in [0, 0.1) is 5.82 Å². The molecule has 0 saturated heterocycles. The number of hydrogen-bond acceptors (Lipinski definition) is 5. The number of para-hydroxylation sites is 2. The van der Waals surface area contributed by atoms with Crippen LogP contribution in [0.25, 0.3) is 10.2 Å². The fraction of sp³-hybridized carbons (Fsp3) is 0.211. The van der Waals surface area contributed by atoms with Crippen molar-refractivity contribution in [3.8, 4) is 5.75 Å². The number of thiazole rings is 1. The van der Waals surface area contributed by atoms with E-state index in [1.165, 1.54) is 17.7 Å². The summed E-state index contributed by atoms with van der Waals surface area (Å²) in [6, 6.07) is 11.2. The third-order valence-corrected chi connectivity index (χ3v) is 4.82. The minimum atomic E-state index is -0.544. The van der Waals surface area contributed by atoms with E-state index in [0.29, 0.717) is 10.4 Å². The van der Waals surface area contributed by atoms with Gasteiger partial charge in [-0.05, 0) is 31.2 Å². The first-order valence-corrected chi connectivity index (χ1v) is 9.02. The lowest BCUT2D eigenvalue weighted by Crippen LogP contribution is -2.23. The Balaban J connectivity index is 2.15. The summed E-state index contributed by atoms with van der Waals surface area (Å²) in [6.07, 6.45) is 0. The first kappa shape index (κ1) is 18.8. The number of benzene rings is 2. The second-order valence-electron chi connectivity index (χ2n) is 5.48. The van der Waals surface area contributed by atoms with Crippen molar-refractivity contribution in [1.82, 2.24) is 4.57 Å². The maximum atomic E-state index is 14.4. The molecule has 0 spiro atoms. The van der Waals surface area contributed by atoms with E-state index in [2.05, 4.69) is 4.99 Å². The van der Waals surface area contributed by atoms with E-state index in [0.717, 1.165) is 11.3 Å². The predicted octanol–water partition coefficient (Wildman–Crippen LogP) is 3.15. The van der Waals surface area contributed by atoms with E-state index < -0.39 is 17.7 Å². The zero-order valence-corrected chi connectivity index (χ0v) is 15.6. The number of esters is 1. The number of amides is 1. The molecule has 0 bridgehead atoms. The van der Waals surface area contributed by atoms with Gasteiger partial charge in [0, 0.05) is 0 Å². The van der Waals surface area contributed by atoms with Crippen molar-refractivity contribution in [3.63, 3.8) is 0 Å². The highest BCUT2D eigenvalue weighted by Crippen LogP contribution is 2.22. The van der Waals surface area contributed by atoms with E-state index in [-0.39, 0.29) is 29.0 Å². The monoisotopic (exact) mass is 388 g/mol. The Kier molecular flexibility index (Phi) is 5.66.